The van der Waals surface area contributed by atoms with E-state index >= 15 is 0 Å². The highest BCUT2D eigenvalue weighted by Gasteiger charge is 2.42. The van der Waals surface area contributed by atoms with E-state index in [0.717, 1.165) is 26.3 Å². The van der Waals surface area contributed by atoms with Crippen LogP contribution in [0, 0.1) is 0 Å². The minimum atomic E-state index is -0.254. The van der Waals surface area contributed by atoms with E-state index < -0.39 is 0 Å². The summed E-state index contributed by atoms with van der Waals surface area (Å²) >= 11 is 0. The molecule has 1 N–H and O–H groups in total. The van der Waals surface area contributed by atoms with E-state index in [1.807, 2.05) is 27.7 Å². The average molecular weight is 288 g/mol. The highest BCUT2D eigenvalue weighted by molar-refractivity contribution is 5.74. The molecule has 0 aromatic heterocycles. The second-order valence-electron chi connectivity index (χ2n) is 5.46. The molecule has 0 saturated carbocycles. The van der Waals surface area contributed by atoms with Crippen molar-refractivity contribution in [3.05, 3.63) is 0 Å². The van der Waals surface area contributed by atoms with Crippen LogP contribution in [0.2, 0.25) is 0 Å². The third-order valence-electron chi connectivity index (χ3n) is 3.82. The molecular formula is C16H36N2O2. The lowest BCUT2D eigenvalue weighted by atomic mass is 9.80. The van der Waals surface area contributed by atoms with Gasteiger partial charge in [0, 0.05) is 25.6 Å². The fourth-order valence-corrected chi connectivity index (χ4v) is 2.11. The summed E-state index contributed by atoms with van der Waals surface area (Å²) in [7, 11) is 0. The quantitative estimate of drug-likeness (QED) is 0.868. The molecule has 0 aromatic rings. The first kappa shape index (κ1) is 21.7. The van der Waals surface area contributed by atoms with Gasteiger partial charge in [0.15, 0.2) is 0 Å². The van der Waals surface area contributed by atoms with Gasteiger partial charge in [-0.05, 0) is 27.7 Å². The number of amides is 1. The van der Waals surface area contributed by atoms with Crippen molar-refractivity contribution in [3.63, 3.8) is 0 Å². The number of morpholine rings is 1. The molecule has 0 aliphatic carbocycles. The van der Waals surface area contributed by atoms with Crippen LogP contribution in [0.5, 0.6) is 0 Å². The van der Waals surface area contributed by atoms with E-state index in [4.69, 9.17) is 4.74 Å². The third kappa shape index (κ3) is 6.23. The molecule has 0 radical (unpaired) electrons. The van der Waals surface area contributed by atoms with Crippen LogP contribution in [0.4, 0.5) is 0 Å². The molecular weight excluding hydrogens is 252 g/mol. The Labute approximate surface area is 126 Å². The average Bonchev–Trinajstić information content (AvgIpc) is 2.42. The summed E-state index contributed by atoms with van der Waals surface area (Å²) in [5, 5.41) is 3.04. The maximum absolute atomic E-state index is 11.2. The molecule has 122 valence electrons. The third-order valence-corrected chi connectivity index (χ3v) is 3.82. The lowest BCUT2D eigenvalue weighted by molar-refractivity contribution is -0.123. The molecule has 1 rings (SSSR count). The lowest BCUT2D eigenvalue weighted by Crippen LogP contribution is -2.66. The molecule has 1 heterocycles. The first-order chi connectivity index (χ1) is 9.27. The Balaban J connectivity index is 0. The van der Waals surface area contributed by atoms with Gasteiger partial charge in [-0.3, -0.25) is 9.69 Å². The maximum Gasteiger partial charge on any atom is 0.217 e. The number of nitrogens with zero attached hydrogens (tertiary/aromatic N) is 1. The van der Waals surface area contributed by atoms with Crippen molar-refractivity contribution in [2.45, 2.75) is 73.4 Å². The molecule has 0 unspecified atom stereocenters. The molecule has 20 heavy (non-hydrogen) atoms. The minimum Gasteiger partial charge on any atom is -0.379 e. The Kier molecular flexibility index (Phi) is 11.0. The summed E-state index contributed by atoms with van der Waals surface area (Å²) in [4.78, 5) is 13.6. The number of hydrogen-bond donors (Lipinski definition) is 1. The van der Waals surface area contributed by atoms with Crippen molar-refractivity contribution in [1.82, 2.24) is 10.2 Å². The number of carbonyl (C=O) groups is 1. The fourth-order valence-electron chi connectivity index (χ4n) is 2.11. The molecule has 0 spiro atoms. The van der Waals surface area contributed by atoms with Crippen molar-refractivity contribution in [2.75, 3.05) is 26.3 Å². The van der Waals surface area contributed by atoms with Gasteiger partial charge >= 0.3 is 0 Å². The fraction of sp³-hybridized carbons (Fsp3) is 0.938. The van der Waals surface area contributed by atoms with Crippen molar-refractivity contribution in [1.29, 1.82) is 0 Å². The zero-order valence-corrected chi connectivity index (χ0v) is 15.1. The number of rotatable bonds is 3. The van der Waals surface area contributed by atoms with Gasteiger partial charge < -0.3 is 10.1 Å². The predicted octanol–water partition coefficient (Wildman–Crippen LogP) is 3.06. The van der Waals surface area contributed by atoms with Crippen LogP contribution < -0.4 is 5.32 Å². The summed E-state index contributed by atoms with van der Waals surface area (Å²) in [5.74, 6) is 0.0198. The first-order valence-corrected chi connectivity index (χ1v) is 7.89. The van der Waals surface area contributed by atoms with Gasteiger partial charge in [-0.15, -0.1) is 0 Å². The van der Waals surface area contributed by atoms with Gasteiger partial charge in [0.05, 0.1) is 18.8 Å². The Hall–Kier alpha value is -0.610. The maximum atomic E-state index is 11.2. The zero-order chi connectivity index (χ0) is 16.4. The molecule has 1 amide bonds. The number of nitrogens with one attached hydrogen (secondary N) is 1. The highest BCUT2D eigenvalue weighted by Crippen LogP contribution is 2.28. The molecule has 4 heteroatoms. The summed E-state index contributed by atoms with van der Waals surface area (Å²) < 4.78 is 5.36. The van der Waals surface area contributed by atoms with Gasteiger partial charge in [0.2, 0.25) is 5.91 Å². The Morgan fingerprint density at radius 1 is 1.00 bits per heavy atom. The molecule has 1 fully saturated rings. The van der Waals surface area contributed by atoms with Gasteiger partial charge in [-0.25, -0.2) is 0 Å². The van der Waals surface area contributed by atoms with E-state index in [2.05, 4.69) is 37.9 Å². The van der Waals surface area contributed by atoms with Crippen LogP contribution in [-0.4, -0.2) is 48.2 Å². The van der Waals surface area contributed by atoms with Crippen LogP contribution in [-0.2, 0) is 9.53 Å². The molecule has 1 aliphatic heterocycles. The standard InChI is InChI=1S/C12H24N2O2.2C2H6/c1-10(15)13-11(2,3)12(4,5)14-6-8-16-9-7-14;2*1-2/h6-9H2,1-5H3,(H,13,15);2*1-2H3. The largest absolute Gasteiger partial charge is 0.379 e. The number of ether oxygens (including phenoxy) is 1. The van der Waals surface area contributed by atoms with Crippen molar-refractivity contribution >= 4 is 5.91 Å². The molecule has 0 atom stereocenters. The summed E-state index contributed by atoms with van der Waals surface area (Å²) in [6, 6.07) is 0. The number of carbonyl (C=O) groups excluding carboxylic acids is 1. The molecule has 1 saturated heterocycles. The van der Waals surface area contributed by atoms with E-state index in [1.54, 1.807) is 6.92 Å². The van der Waals surface area contributed by atoms with E-state index in [-0.39, 0.29) is 17.0 Å². The topological polar surface area (TPSA) is 41.6 Å². The Morgan fingerprint density at radius 3 is 1.75 bits per heavy atom. The van der Waals surface area contributed by atoms with Gasteiger partial charge in [-0.2, -0.15) is 0 Å². The second-order valence-corrected chi connectivity index (χ2v) is 5.46. The van der Waals surface area contributed by atoms with Crippen molar-refractivity contribution in [2.24, 2.45) is 0 Å². The Morgan fingerprint density at radius 2 is 1.40 bits per heavy atom. The van der Waals surface area contributed by atoms with Crippen LogP contribution in [0.25, 0.3) is 0 Å². The number of hydrogen-bond acceptors (Lipinski definition) is 3. The van der Waals surface area contributed by atoms with Gasteiger partial charge in [-0.1, -0.05) is 27.7 Å². The second kappa shape index (κ2) is 10.2. The minimum absolute atomic E-state index is 0.0198. The Bertz CT molecular complexity index is 257. The predicted molar refractivity (Wildman–Crippen MR) is 87.1 cm³/mol. The summed E-state index contributed by atoms with van der Waals surface area (Å²) in [6.45, 7) is 21.5. The van der Waals surface area contributed by atoms with Crippen LogP contribution >= 0.6 is 0 Å². The van der Waals surface area contributed by atoms with E-state index in [0.29, 0.717) is 0 Å². The molecule has 0 aromatic carbocycles. The van der Waals surface area contributed by atoms with Crippen LogP contribution in [0.1, 0.15) is 62.3 Å². The summed E-state index contributed by atoms with van der Waals surface area (Å²) in [6.07, 6.45) is 0. The lowest BCUT2D eigenvalue weighted by Gasteiger charge is -2.50. The van der Waals surface area contributed by atoms with Crippen LogP contribution in [0.3, 0.4) is 0 Å². The van der Waals surface area contributed by atoms with Crippen LogP contribution in [0.15, 0.2) is 0 Å². The van der Waals surface area contributed by atoms with Crippen molar-refractivity contribution in [3.8, 4) is 0 Å². The molecule has 4 nitrogen and oxygen atoms in total. The van der Waals surface area contributed by atoms with Gasteiger partial charge in [0.1, 0.15) is 0 Å². The van der Waals surface area contributed by atoms with Gasteiger partial charge in [0.25, 0.3) is 0 Å². The van der Waals surface area contributed by atoms with Crippen molar-refractivity contribution < 1.29 is 9.53 Å². The smallest absolute Gasteiger partial charge is 0.217 e. The monoisotopic (exact) mass is 288 g/mol. The first-order valence-electron chi connectivity index (χ1n) is 7.89. The zero-order valence-electron chi connectivity index (χ0n) is 15.1. The summed E-state index contributed by atoms with van der Waals surface area (Å²) in [5.41, 5.74) is -0.335. The van der Waals surface area contributed by atoms with E-state index in [9.17, 15) is 4.79 Å². The normalized spacial score (nSPS) is 16.2. The molecule has 0 bridgehead atoms. The van der Waals surface area contributed by atoms with E-state index in [1.165, 1.54) is 0 Å². The molecule has 1 aliphatic rings. The SMILES string of the molecule is CC.CC.CC(=O)NC(C)(C)C(C)(C)N1CCOCC1. The highest BCUT2D eigenvalue weighted by atomic mass is 16.5.